The summed E-state index contributed by atoms with van der Waals surface area (Å²) in [6.45, 7) is 8.93. The van der Waals surface area contributed by atoms with Gasteiger partial charge in [0.2, 0.25) is 0 Å². The number of nitrogens with one attached hydrogen (secondary N) is 1. The van der Waals surface area contributed by atoms with Crippen LogP contribution in [-0.2, 0) is 4.79 Å². The lowest BCUT2D eigenvalue weighted by atomic mass is 10.0. The van der Waals surface area contributed by atoms with Crippen molar-refractivity contribution in [3.8, 4) is 5.75 Å². The fraction of sp³-hybridized carbons (Fsp3) is 0.562. The zero-order valence-corrected chi connectivity index (χ0v) is 13.2. The average Bonchev–Trinajstić information content (AvgIpc) is 2.37. The Balaban J connectivity index is 2.73. The highest BCUT2D eigenvalue weighted by molar-refractivity contribution is 5.81. The van der Waals surface area contributed by atoms with Crippen LogP contribution in [0.15, 0.2) is 18.2 Å². The van der Waals surface area contributed by atoms with Crippen molar-refractivity contribution < 1.29 is 19.0 Å². The first-order valence-electron chi connectivity index (χ1n) is 7.12. The SMILES string of the molecule is CCC(C)(C)NC(=O)C(C)Oc1ccc(C(C)O)c(F)c1. The van der Waals surface area contributed by atoms with Crippen molar-refractivity contribution in [2.24, 2.45) is 0 Å². The van der Waals surface area contributed by atoms with Crippen LogP contribution in [-0.4, -0.2) is 22.7 Å². The lowest BCUT2D eigenvalue weighted by molar-refractivity contribution is -0.129. The van der Waals surface area contributed by atoms with Crippen LogP contribution in [0.25, 0.3) is 0 Å². The molecule has 0 bridgehead atoms. The number of halogens is 1. The predicted molar refractivity (Wildman–Crippen MR) is 79.6 cm³/mol. The summed E-state index contributed by atoms with van der Waals surface area (Å²) in [5.74, 6) is -0.542. The van der Waals surface area contributed by atoms with Crippen LogP contribution in [0, 0.1) is 5.82 Å². The summed E-state index contributed by atoms with van der Waals surface area (Å²) < 4.78 is 19.2. The van der Waals surface area contributed by atoms with Gasteiger partial charge >= 0.3 is 0 Å². The molecule has 1 amide bonds. The van der Waals surface area contributed by atoms with Crippen LogP contribution in [0.5, 0.6) is 5.75 Å². The van der Waals surface area contributed by atoms with Crippen molar-refractivity contribution in [2.75, 3.05) is 0 Å². The fourth-order valence-electron chi connectivity index (χ4n) is 1.70. The molecule has 2 unspecified atom stereocenters. The minimum Gasteiger partial charge on any atom is -0.481 e. The third-order valence-electron chi connectivity index (χ3n) is 3.45. The first-order chi connectivity index (χ1) is 9.66. The van der Waals surface area contributed by atoms with Gasteiger partial charge in [0.15, 0.2) is 6.10 Å². The van der Waals surface area contributed by atoms with Gasteiger partial charge in [0.25, 0.3) is 5.91 Å². The van der Waals surface area contributed by atoms with E-state index in [-0.39, 0.29) is 22.8 Å². The Labute approximate surface area is 125 Å². The highest BCUT2D eigenvalue weighted by Gasteiger charge is 2.23. The maximum Gasteiger partial charge on any atom is 0.261 e. The van der Waals surface area contributed by atoms with Crippen molar-refractivity contribution in [3.63, 3.8) is 0 Å². The van der Waals surface area contributed by atoms with E-state index in [1.807, 2.05) is 20.8 Å². The second kappa shape index (κ2) is 6.89. The fourth-order valence-corrected chi connectivity index (χ4v) is 1.70. The van der Waals surface area contributed by atoms with Crippen LogP contribution in [0.3, 0.4) is 0 Å². The van der Waals surface area contributed by atoms with E-state index < -0.39 is 18.0 Å². The van der Waals surface area contributed by atoms with E-state index in [2.05, 4.69) is 5.32 Å². The van der Waals surface area contributed by atoms with Crippen LogP contribution >= 0.6 is 0 Å². The highest BCUT2D eigenvalue weighted by atomic mass is 19.1. The summed E-state index contributed by atoms with van der Waals surface area (Å²) in [5.41, 5.74) is -0.109. The molecule has 5 heteroatoms. The number of amides is 1. The van der Waals surface area contributed by atoms with Crippen LogP contribution in [0.2, 0.25) is 0 Å². The Hall–Kier alpha value is -1.62. The van der Waals surface area contributed by atoms with Crippen molar-refractivity contribution in [1.29, 1.82) is 0 Å². The van der Waals surface area contributed by atoms with Gasteiger partial charge in [0.05, 0.1) is 6.10 Å². The number of hydrogen-bond acceptors (Lipinski definition) is 3. The smallest absolute Gasteiger partial charge is 0.261 e. The van der Waals surface area contributed by atoms with Gasteiger partial charge in [-0.3, -0.25) is 4.79 Å². The molecule has 0 aliphatic rings. The van der Waals surface area contributed by atoms with Crippen molar-refractivity contribution >= 4 is 5.91 Å². The molecule has 0 aliphatic heterocycles. The minimum absolute atomic E-state index is 0.201. The molecule has 0 saturated heterocycles. The van der Waals surface area contributed by atoms with E-state index in [4.69, 9.17) is 4.74 Å². The number of hydrogen-bond donors (Lipinski definition) is 2. The molecule has 1 rings (SSSR count). The number of ether oxygens (including phenoxy) is 1. The molecule has 1 aromatic carbocycles. The van der Waals surface area contributed by atoms with Crippen molar-refractivity contribution in [1.82, 2.24) is 5.32 Å². The normalized spacial score (nSPS) is 14.4. The second-order valence-corrected chi connectivity index (χ2v) is 5.85. The molecule has 0 aromatic heterocycles. The molecular weight excluding hydrogens is 273 g/mol. The standard InChI is InChI=1S/C16H24FNO3/c1-6-16(4,5)18-15(20)11(3)21-12-7-8-13(10(2)19)14(17)9-12/h7-11,19H,6H2,1-5H3,(H,18,20). The van der Waals surface area contributed by atoms with Crippen LogP contribution < -0.4 is 10.1 Å². The van der Waals surface area contributed by atoms with E-state index in [1.165, 1.54) is 19.1 Å². The maximum absolute atomic E-state index is 13.7. The summed E-state index contributed by atoms with van der Waals surface area (Å²) in [6, 6.07) is 4.17. The highest BCUT2D eigenvalue weighted by Crippen LogP contribution is 2.22. The molecule has 118 valence electrons. The summed E-state index contributed by atoms with van der Waals surface area (Å²) in [6.07, 6.45) is -0.818. The Kier molecular flexibility index (Phi) is 5.72. The zero-order chi connectivity index (χ0) is 16.2. The second-order valence-electron chi connectivity index (χ2n) is 5.85. The molecular formula is C16H24FNO3. The Morgan fingerprint density at radius 3 is 2.52 bits per heavy atom. The molecule has 0 aliphatic carbocycles. The van der Waals surface area contributed by atoms with E-state index in [0.717, 1.165) is 6.42 Å². The number of carbonyl (C=O) groups excluding carboxylic acids is 1. The summed E-state index contributed by atoms with van der Waals surface area (Å²) >= 11 is 0. The lowest BCUT2D eigenvalue weighted by Crippen LogP contribution is -2.48. The van der Waals surface area contributed by atoms with Crippen LogP contribution in [0.4, 0.5) is 4.39 Å². The van der Waals surface area contributed by atoms with Gasteiger partial charge in [0.1, 0.15) is 11.6 Å². The first-order valence-corrected chi connectivity index (χ1v) is 7.12. The van der Waals surface area contributed by atoms with Crippen LogP contribution in [0.1, 0.15) is 52.7 Å². The molecule has 0 spiro atoms. The van der Waals surface area contributed by atoms with Gasteiger partial charge in [0, 0.05) is 17.2 Å². The monoisotopic (exact) mass is 297 g/mol. The number of benzene rings is 1. The Morgan fingerprint density at radius 2 is 2.05 bits per heavy atom. The lowest BCUT2D eigenvalue weighted by Gasteiger charge is -2.26. The van der Waals surface area contributed by atoms with E-state index in [1.54, 1.807) is 13.0 Å². The number of aliphatic hydroxyl groups is 1. The molecule has 1 aromatic rings. The maximum atomic E-state index is 13.7. The number of rotatable bonds is 6. The third kappa shape index (κ3) is 5.01. The first kappa shape index (κ1) is 17.4. The van der Waals surface area contributed by atoms with Crippen molar-refractivity contribution in [3.05, 3.63) is 29.6 Å². The molecule has 2 N–H and O–H groups in total. The predicted octanol–water partition coefficient (Wildman–Crippen LogP) is 2.95. The van der Waals surface area contributed by atoms with Gasteiger partial charge in [-0.25, -0.2) is 4.39 Å². The average molecular weight is 297 g/mol. The van der Waals surface area contributed by atoms with Gasteiger partial charge in [-0.2, -0.15) is 0 Å². The molecule has 0 fully saturated rings. The van der Waals surface area contributed by atoms with Gasteiger partial charge in [-0.1, -0.05) is 6.92 Å². The third-order valence-corrected chi connectivity index (χ3v) is 3.45. The van der Waals surface area contributed by atoms with E-state index in [9.17, 15) is 14.3 Å². The Morgan fingerprint density at radius 1 is 1.43 bits per heavy atom. The largest absolute Gasteiger partial charge is 0.481 e. The Bertz CT molecular complexity index is 500. The van der Waals surface area contributed by atoms with Gasteiger partial charge in [-0.15, -0.1) is 0 Å². The molecule has 2 atom stereocenters. The van der Waals surface area contributed by atoms with E-state index in [0.29, 0.717) is 0 Å². The number of aliphatic hydroxyl groups excluding tert-OH is 1. The number of carbonyl (C=O) groups is 1. The summed E-state index contributed by atoms with van der Waals surface area (Å²) in [4.78, 5) is 12.0. The minimum atomic E-state index is -0.884. The van der Waals surface area contributed by atoms with Crippen molar-refractivity contribution in [2.45, 2.75) is 58.8 Å². The van der Waals surface area contributed by atoms with E-state index >= 15 is 0 Å². The summed E-state index contributed by atoms with van der Waals surface area (Å²) in [5, 5.41) is 12.2. The topological polar surface area (TPSA) is 58.6 Å². The molecule has 0 radical (unpaired) electrons. The van der Waals surface area contributed by atoms with Gasteiger partial charge < -0.3 is 15.2 Å². The summed E-state index contributed by atoms with van der Waals surface area (Å²) in [7, 11) is 0. The quantitative estimate of drug-likeness (QED) is 0.848. The zero-order valence-electron chi connectivity index (χ0n) is 13.2. The van der Waals surface area contributed by atoms with Gasteiger partial charge in [-0.05, 0) is 46.2 Å². The molecule has 0 heterocycles. The molecule has 4 nitrogen and oxygen atoms in total. The molecule has 0 saturated carbocycles. The molecule has 21 heavy (non-hydrogen) atoms.